The van der Waals surface area contributed by atoms with Gasteiger partial charge in [0.05, 0.1) is 0 Å². The Kier molecular flexibility index (Phi) is 3.27. The summed E-state index contributed by atoms with van der Waals surface area (Å²) in [6, 6.07) is 3.46. The Morgan fingerprint density at radius 3 is 2.53 bits per heavy atom. The average molecular weight is 221 g/mol. The molecule has 0 spiro atoms. The quantitative estimate of drug-likeness (QED) is 0.767. The fourth-order valence-corrected chi connectivity index (χ4v) is 3.30. The molecule has 0 saturated carbocycles. The van der Waals surface area contributed by atoms with Crippen LogP contribution in [0.25, 0.3) is 0 Å². The Morgan fingerprint density at radius 1 is 1.33 bits per heavy atom. The van der Waals surface area contributed by atoms with Gasteiger partial charge in [-0.25, -0.2) is 0 Å². The molecular formula is C13H19NS. The summed E-state index contributed by atoms with van der Waals surface area (Å²) in [5.74, 6) is 0. The molecule has 1 unspecified atom stereocenters. The van der Waals surface area contributed by atoms with Gasteiger partial charge in [-0.2, -0.15) is 0 Å². The fourth-order valence-electron chi connectivity index (χ4n) is 2.28. The first-order valence-corrected chi connectivity index (χ1v) is 6.46. The fraction of sp³-hybridized carbons (Fsp3) is 0.538. The molecule has 1 aromatic rings. The normalized spacial score (nSPS) is 18.6. The van der Waals surface area contributed by atoms with Crippen LogP contribution in [-0.2, 0) is 0 Å². The van der Waals surface area contributed by atoms with Crippen LogP contribution in [0.1, 0.15) is 41.1 Å². The lowest BCUT2D eigenvalue weighted by molar-refractivity contribution is 0.471. The summed E-state index contributed by atoms with van der Waals surface area (Å²) < 4.78 is 0. The van der Waals surface area contributed by atoms with Gasteiger partial charge >= 0.3 is 0 Å². The van der Waals surface area contributed by atoms with Gasteiger partial charge < -0.3 is 5.32 Å². The van der Waals surface area contributed by atoms with Crippen molar-refractivity contribution in [1.29, 1.82) is 0 Å². The number of thiophene rings is 1. The summed E-state index contributed by atoms with van der Waals surface area (Å²) in [5, 5.41) is 3.69. The molecular weight excluding hydrogens is 202 g/mol. The lowest BCUT2D eigenvalue weighted by Gasteiger charge is -2.19. The first-order chi connectivity index (χ1) is 7.16. The highest BCUT2D eigenvalue weighted by atomic mass is 32.1. The van der Waals surface area contributed by atoms with E-state index in [4.69, 9.17) is 0 Å². The van der Waals surface area contributed by atoms with Gasteiger partial charge in [0.2, 0.25) is 0 Å². The Hall–Kier alpha value is -0.600. The van der Waals surface area contributed by atoms with Crippen molar-refractivity contribution >= 4 is 11.3 Å². The number of nitrogens with one attached hydrogen (secondary N) is 1. The van der Waals surface area contributed by atoms with E-state index >= 15 is 0 Å². The molecule has 0 aliphatic heterocycles. The number of hydrogen-bond acceptors (Lipinski definition) is 2. The molecule has 0 aromatic carbocycles. The first-order valence-electron chi connectivity index (χ1n) is 5.65. The van der Waals surface area contributed by atoms with E-state index in [1.54, 1.807) is 0 Å². The molecule has 82 valence electrons. The summed E-state index contributed by atoms with van der Waals surface area (Å²) in [6.45, 7) is 6.68. The minimum Gasteiger partial charge on any atom is -0.307 e. The minimum absolute atomic E-state index is 0.486. The molecule has 15 heavy (non-hydrogen) atoms. The molecule has 0 saturated heterocycles. The summed E-state index contributed by atoms with van der Waals surface area (Å²) >= 11 is 1.90. The van der Waals surface area contributed by atoms with Crippen LogP contribution in [0.4, 0.5) is 0 Å². The van der Waals surface area contributed by atoms with Gasteiger partial charge in [-0.15, -0.1) is 11.3 Å². The lowest BCUT2D eigenvalue weighted by Crippen LogP contribution is -2.29. The van der Waals surface area contributed by atoms with Crippen molar-refractivity contribution in [2.24, 2.45) is 0 Å². The summed E-state index contributed by atoms with van der Waals surface area (Å²) in [4.78, 5) is 2.87. The van der Waals surface area contributed by atoms with E-state index in [0.717, 1.165) is 0 Å². The largest absolute Gasteiger partial charge is 0.307 e. The SMILES string of the molecule is Cc1cc(C(C)NC2CC=CC2)c(C)s1. The van der Waals surface area contributed by atoms with Crippen molar-refractivity contribution in [3.8, 4) is 0 Å². The van der Waals surface area contributed by atoms with Gasteiger partial charge in [-0.3, -0.25) is 0 Å². The first kappa shape index (κ1) is 10.9. The van der Waals surface area contributed by atoms with Gasteiger partial charge in [0, 0.05) is 21.8 Å². The molecule has 1 heterocycles. The third kappa shape index (κ3) is 2.50. The van der Waals surface area contributed by atoms with Crippen LogP contribution in [-0.4, -0.2) is 6.04 Å². The second kappa shape index (κ2) is 4.50. The van der Waals surface area contributed by atoms with Gasteiger partial charge in [0.25, 0.3) is 0 Å². The van der Waals surface area contributed by atoms with E-state index in [0.29, 0.717) is 12.1 Å². The third-order valence-electron chi connectivity index (χ3n) is 3.04. The standard InChI is InChI=1S/C13H19NS/c1-9-8-13(11(3)15-9)10(2)14-12-6-4-5-7-12/h4-5,8,10,12,14H,6-7H2,1-3H3. The van der Waals surface area contributed by atoms with Crippen LogP contribution >= 0.6 is 11.3 Å². The van der Waals surface area contributed by atoms with E-state index in [1.165, 1.54) is 28.2 Å². The van der Waals surface area contributed by atoms with Crippen molar-refractivity contribution < 1.29 is 0 Å². The van der Waals surface area contributed by atoms with Crippen LogP contribution < -0.4 is 5.32 Å². The highest BCUT2D eigenvalue weighted by Crippen LogP contribution is 2.27. The molecule has 1 aliphatic carbocycles. The van der Waals surface area contributed by atoms with E-state index in [2.05, 4.69) is 44.3 Å². The topological polar surface area (TPSA) is 12.0 Å². The molecule has 0 amide bonds. The van der Waals surface area contributed by atoms with E-state index < -0.39 is 0 Å². The Labute approximate surface area is 96.2 Å². The Bertz CT molecular complexity index is 357. The van der Waals surface area contributed by atoms with Gasteiger partial charge in [0.1, 0.15) is 0 Å². The van der Waals surface area contributed by atoms with Crippen molar-refractivity contribution in [2.75, 3.05) is 0 Å². The minimum atomic E-state index is 0.486. The van der Waals surface area contributed by atoms with Gasteiger partial charge in [-0.05, 0) is 45.2 Å². The number of rotatable bonds is 3. The zero-order valence-corrected chi connectivity index (χ0v) is 10.5. The highest BCUT2D eigenvalue weighted by molar-refractivity contribution is 7.12. The predicted octanol–water partition coefficient (Wildman–Crippen LogP) is 3.73. The smallest absolute Gasteiger partial charge is 0.0305 e. The highest BCUT2D eigenvalue weighted by Gasteiger charge is 2.16. The summed E-state index contributed by atoms with van der Waals surface area (Å²) in [6.07, 6.45) is 6.92. The van der Waals surface area contributed by atoms with Crippen LogP contribution in [0, 0.1) is 13.8 Å². The molecule has 0 radical (unpaired) electrons. The van der Waals surface area contributed by atoms with E-state index in [-0.39, 0.29) is 0 Å². The summed E-state index contributed by atoms with van der Waals surface area (Å²) in [7, 11) is 0. The molecule has 2 rings (SSSR count). The molecule has 1 aromatic heterocycles. The molecule has 1 nitrogen and oxygen atoms in total. The maximum absolute atomic E-state index is 3.69. The Balaban J connectivity index is 2.00. The molecule has 2 heteroatoms. The van der Waals surface area contributed by atoms with Crippen LogP contribution in [0.5, 0.6) is 0 Å². The monoisotopic (exact) mass is 221 g/mol. The van der Waals surface area contributed by atoms with Crippen LogP contribution in [0.3, 0.4) is 0 Å². The van der Waals surface area contributed by atoms with Crippen molar-refractivity contribution in [3.05, 3.63) is 33.5 Å². The molecule has 1 N–H and O–H groups in total. The van der Waals surface area contributed by atoms with Crippen molar-refractivity contribution in [2.45, 2.75) is 45.7 Å². The zero-order valence-electron chi connectivity index (χ0n) is 9.71. The van der Waals surface area contributed by atoms with E-state index in [1.807, 2.05) is 11.3 Å². The van der Waals surface area contributed by atoms with Gasteiger partial charge in [0.15, 0.2) is 0 Å². The molecule has 1 aliphatic rings. The maximum Gasteiger partial charge on any atom is 0.0305 e. The van der Waals surface area contributed by atoms with Crippen molar-refractivity contribution in [1.82, 2.24) is 5.32 Å². The van der Waals surface area contributed by atoms with Crippen molar-refractivity contribution in [3.63, 3.8) is 0 Å². The predicted molar refractivity (Wildman–Crippen MR) is 67.5 cm³/mol. The number of hydrogen-bond donors (Lipinski definition) is 1. The molecule has 0 fully saturated rings. The van der Waals surface area contributed by atoms with Gasteiger partial charge in [-0.1, -0.05) is 12.2 Å². The maximum atomic E-state index is 3.69. The zero-order chi connectivity index (χ0) is 10.8. The average Bonchev–Trinajstić information content (AvgIpc) is 2.75. The van der Waals surface area contributed by atoms with Crippen LogP contribution in [0.2, 0.25) is 0 Å². The lowest BCUT2D eigenvalue weighted by atomic mass is 10.1. The second-order valence-corrected chi connectivity index (χ2v) is 5.86. The van der Waals surface area contributed by atoms with E-state index in [9.17, 15) is 0 Å². The number of aryl methyl sites for hydroxylation is 2. The molecule has 0 bridgehead atoms. The molecule has 1 atom stereocenters. The second-order valence-electron chi connectivity index (χ2n) is 4.40. The summed E-state index contributed by atoms with van der Waals surface area (Å²) in [5.41, 5.74) is 1.48. The van der Waals surface area contributed by atoms with Crippen LogP contribution in [0.15, 0.2) is 18.2 Å². The Morgan fingerprint density at radius 2 is 2.00 bits per heavy atom. The third-order valence-corrected chi connectivity index (χ3v) is 4.02.